The van der Waals surface area contributed by atoms with Crippen molar-refractivity contribution < 1.29 is 18.7 Å². The first-order chi connectivity index (χ1) is 14.9. The summed E-state index contributed by atoms with van der Waals surface area (Å²) in [5, 5.41) is 14.1. The highest BCUT2D eigenvalue weighted by Gasteiger charge is 2.19. The van der Waals surface area contributed by atoms with E-state index in [9.17, 15) is 9.90 Å². The Labute approximate surface area is 178 Å². The lowest BCUT2D eigenvalue weighted by atomic mass is 10.1. The molecule has 5 aromatic rings. The summed E-state index contributed by atoms with van der Waals surface area (Å²) in [6.45, 7) is 5.80. The summed E-state index contributed by atoms with van der Waals surface area (Å²) in [6, 6.07) is 16.2. The zero-order valence-electron chi connectivity index (χ0n) is 17.3. The van der Waals surface area contributed by atoms with Crippen molar-refractivity contribution in [2.75, 3.05) is 5.32 Å². The zero-order valence-corrected chi connectivity index (χ0v) is 17.3. The Morgan fingerprint density at radius 2 is 1.81 bits per heavy atom. The van der Waals surface area contributed by atoms with Crippen LogP contribution in [0.2, 0.25) is 0 Å². The molecular weight excluding hydrogens is 392 g/mol. The number of nitrogens with one attached hydrogen (secondary N) is 1. The fraction of sp³-hybridized carbons (Fsp3) is 0.120. The molecule has 0 aliphatic carbocycles. The molecule has 0 saturated heterocycles. The number of hydrogen-bond acceptors (Lipinski definition) is 5. The van der Waals surface area contributed by atoms with Gasteiger partial charge >= 0.3 is 0 Å². The van der Waals surface area contributed by atoms with E-state index in [1.807, 2.05) is 57.2 Å². The topological polar surface area (TPSA) is 88.5 Å². The van der Waals surface area contributed by atoms with E-state index in [4.69, 9.17) is 8.83 Å². The summed E-state index contributed by atoms with van der Waals surface area (Å²) in [5.74, 6) is 0.189. The average Bonchev–Trinajstić information content (AvgIpc) is 3.31. The highest BCUT2D eigenvalue weighted by molar-refractivity contribution is 6.06. The van der Waals surface area contributed by atoms with Crippen LogP contribution < -0.4 is 5.32 Å². The summed E-state index contributed by atoms with van der Waals surface area (Å²) >= 11 is 0. The molecule has 154 valence electrons. The first-order valence-electron chi connectivity index (χ1n) is 9.91. The lowest BCUT2D eigenvalue weighted by molar-refractivity contribution is 0.0998. The number of oxazole rings is 1. The summed E-state index contributed by atoms with van der Waals surface area (Å²) in [7, 11) is 0. The number of benzene rings is 3. The van der Waals surface area contributed by atoms with Crippen LogP contribution in [0, 0.1) is 20.8 Å². The van der Waals surface area contributed by atoms with Gasteiger partial charge in [-0.25, -0.2) is 4.98 Å². The third kappa shape index (κ3) is 3.22. The molecule has 0 aliphatic heterocycles. The Morgan fingerprint density at radius 3 is 2.61 bits per heavy atom. The molecule has 2 heterocycles. The van der Waals surface area contributed by atoms with E-state index in [1.54, 1.807) is 12.1 Å². The lowest BCUT2D eigenvalue weighted by Gasteiger charge is -2.07. The van der Waals surface area contributed by atoms with Gasteiger partial charge in [0.15, 0.2) is 11.3 Å². The minimum Gasteiger partial charge on any atom is -0.507 e. The molecule has 5 rings (SSSR count). The number of carbonyl (C=O) groups excluding carboxylic acids is 1. The van der Waals surface area contributed by atoms with Gasteiger partial charge in [-0.2, -0.15) is 0 Å². The van der Waals surface area contributed by atoms with Crippen LogP contribution in [-0.4, -0.2) is 16.0 Å². The second kappa shape index (κ2) is 7.02. The number of carbonyl (C=O) groups is 1. The SMILES string of the molecule is Cc1cc(C)c2oc(-c3cc(NC(=O)c4oc5ccccc5c4C)ccc3O)nc2c1. The van der Waals surface area contributed by atoms with Crippen molar-refractivity contribution in [1.29, 1.82) is 0 Å². The zero-order chi connectivity index (χ0) is 21.7. The molecule has 31 heavy (non-hydrogen) atoms. The van der Waals surface area contributed by atoms with E-state index >= 15 is 0 Å². The summed E-state index contributed by atoms with van der Waals surface area (Å²) in [6.07, 6.45) is 0. The maximum atomic E-state index is 12.9. The van der Waals surface area contributed by atoms with Crippen LogP contribution in [0.1, 0.15) is 27.2 Å². The molecule has 6 nitrogen and oxygen atoms in total. The Hall–Kier alpha value is -4.06. The second-order valence-electron chi connectivity index (χ2n) is 7.69. The Morgan fingerprint density at radius 1 is 1.00 bits per heavy atom. The maximum Gasteiger partial charge on any atom is 0.291 e. The number of aromatic nitrogens is 1. The van der Waals surface area contributed by atoms with E-state index in [2.05, 4.69) is 10.3 Å². The average molecular weight is 412 g/mol. The van der Waals surface area contributed by atoms with Crippen molar-refractivity contribution in [3.8, 4) is 17.2 Å². The molecule has 0 saturated carbocycles. The molecule has 6 heteroatoms. The van der Waals surface area contributed by atoms with E-state index in [0.29, 0.717) is 22.4 Å². The molecule has 2 N–H and O–H groups in total. The van der Waals surface area contributed by atoms with Crippen LogP contribution in [0.15, 0.2) is 63.4 Å². The summed E-state index contributed by atoms with van der Waals surface area (Å²) < 4.78 is 11.7. The Bertz CT molecular complexity index is 1480. The third-order valence-electron chi connectivity index (χ3n) is 5.35. The minimum absolute atomic E-state index is 0.0128. The maximum absolute atomic E-state index is 12.9. The van der Waals surface area contributed by atoms with Gasteiger partial charge in [-0.3, -0.25) is 4.79 Å². The van der Waals surface area contributed by atoms with Gasteiger partial charge in [-0.05, 0) is 62.2 Å². The highest BCUT2D eigenvalue weighted by atomic mass is 16.4. The number of aromatic hydroxyl groups is 1. The molecule has 0 bridgehead atoms. The number of para-hydroxylation sites is 1. The van der Waals surface area contributed by atoms with E-state index in [1.165, 1.54) is 6.07 Å². The predicted molar refractivity (Wildman–Crippen MR) is 119 cm³/mol. The molecule has 0 radical (unpaired) electrons. The fourth-order valence-corrected chi connectivity index (χ4v) is 3.86. The second-order valence-corrected chi connectivity index (χ2v) is 7.69. The van der Waals surface area contributed by atoms with Crippen LogP contribution in [0.25, 0.3) is 33.5 Å². The summed E-state index contributed by atoms with van der Waals surface area (Å²) in [4.78, 5) is 17.4. The quantitative estimate of drug-likeness (QED) is 0.348. The van der Waals surface area contributed by atoms with Gasteiger partial charge in [0, 0.05) is 16.6 Å². The first kappa shape index (κ1) is 18.9. The lowest BCUT2D eigenvalue weighted by Crippen LogP contribution is -2.12. The number of phenolic OH excluding ortho intramolecular Hbond substituents is 1. The van der Waals surface area contributed by atoms with Gasteiger partial charge in [0.25, 0.3) is 5.91 Å². The molecular formula is C25H20N2O4. The van der Waals surface area contributed by atoms with Gasteiger partial charge in [0.2, 0.25) is 5.89 Å². The van der Waals surface area contributed by atoms with Crippen LogP contribution in [0.4, 0.5) is 5.69 Å². The molecule has 3 aromatic carbocycles. The first-order valence-corrected chi connectivity index (χ1v) is 9.91. The molecule has 0 aliphatic rings. The van der Waals surface area contributed by atoms with Gasteiger partial charge in [-0.1, -0.05) is 24.3 Å². The van der Waals surface area contributed by atoms with Crippen molar-refractivity contribution in [3.63, 3.8) is 0 Å². The highest BCUT2D eigenvalue weighted by Crippen LogP contribution is 2.35. The largest absolute Gasteiger partial charge is 0.507 e. The third-order valence-corrected chi connectivity index (χ3v) is 5.35. The van der Waals surface area contributed by atoms with Crippen molar-refractivity contribution in [2.24, 2.45) is 0 Å². The Balaban J connectivity index is 1.50. The van der Waals surface area contributed by atoms with Gasteiger partial charge in [-0.15, -0.1) is 0 Å². The predicted octanol–water partition coefficient (Wildman–Crippen LogP) is 6.12. The number of nitrogens with zero attached hydrogens (tertiary/aromatic N) is 1. The number of furan rings is 1. The van der Waals surface area contributed by atoms with Crippen molar-refractivity contribution in [2.45, 2.75) is 20.8 Å². The number of aryl methyl sites for hydroxylation is 3. The van der Waals surface area contributed by atoms with Crippen LogP contribution in [-0.2, 0) is 0 Å². The molecule has 0 atom stereocenters. The monoisotopic (exact) mass is 412 g/mol. The molecule has 2 aromatic heterocycles. The van der Waals surface area contributed by atoms with E-state index in [-0.39, 0.29) is 23.3 Å². The molecule has 1 amide bonds. The van der Waals surface area contributed by atoms with E-state index in [0.717, 1.165) is 27.6 Å². The summed E-state index contributed by atoms with van der Waals surface area (Å²) in [5.41, 5.74) is 5.77. The number of anilines is 1. The normalized spacial score (nSPS) is 11.3. The van der Waals surface area contributed by atoms with Crippen LogP contribution in [0.5, 0.6) is 5.75 Å². The van der Waals surface area contributed by atoms with Gasteiger partial charge < -0.3 is 19.3 Å². The van der Waals surface area contributed by atoms with Crippen LogP contribution in [0.3, 0.4) is 0 Å². The van der Waals surface area contributed by atoms with Gasteiger partial charge in [0.1, 0.15) is 16.8 Å². The van der Waals surface area contributed by atoms with Crippen molar-refractivity contribution in [1.82, 2.24) is 4.98 Å². The number of amides is 1. The number of rotatable bonds is 3. The molecule has 0 fully saturated rings. The van der Waals surface area contributed by atoms with E-state index < -0.39 is 0 Å². The smallest absolute Gasteiger partial charge is 0.291 e. The van der Waals surface area contributed by atoms with Crippen molar-refractivity contribution in [3.05, 3.63) is 77.0 Å². The molecule has 0 unspecified atom stereocenters. The minimum atomic E-state index is -0.366. The van der Waals surface area contributed by atoms with Gasteiger partial charge in [0.05, 0.1) is 5.56 Å². The number of fused-ring (bicyclic) bond motifs is 2. The van der Waals surface area contributed by atoms with Crippen LogP contribution >= 0.6 is 0 Å². The standard InChI is InChI=1S/C25H20N2O4/c1-13-10-14(2)22-19(11-13)27-25(31-22)18-12-16(8-9-20(18)28)26-24(29)23-15(3)17-6-4-5-7-21(17)30-23/h4-12,28H,1-3H3,(H,26,29). The number of hydrogen-bond donors (Lipinski definition) is 2. The molecule has 0 spiro atoms. The fourth-order valence-electron chi connectivity index (χ4n) is 3.86. The van der Waals surface area contributed by atoms with Crippen molar-refractivity contribution >= 4 is 33.7 Å². The Kier molecular flexibility index (Phi) is 4.29. The number of phenols is 1.